The number of amides is 1. The molecule has 0 aliphatic carbocycles. The van der Waals surface area contributed by atoms with Crippen molar-refractivity contribution in [1.82, 2.24) is 4.90 Å². The Morgan fingerprint density at radius 2 is 1.70 bits per heavy atom. The highest BCUT2D eigenvalue weighted by molar-refractivity contribution is 6.31. The summed E-state index contributed by atoms with van der Waals surface area (Å²) in [4.78, 5) is 26.8. The van der Waals surface area contributed by atoms with Gasteiger partial charge in [-0.2, -0.15) is 0 Å². The van der Waals surface area contributed by atoms with Crippen LogP contribution in [-0.2, 0) is 30.7 Å². The van der Waals surface area contributed by atoms with Crippen molar-refractivity contribution in [3.8, 4) is 16.9 Å². The van der Waals surface area contributed by atoms with Gasteiger partial charge in [0.1, 0.15) is 5.82 Å². The Kier molecular flexibility index (Phi) is 6.44. The maximum absolute atomic E-state index is 15.2. The lowest BCUT2D eigenvalue weighted by Crippen LogP contribution is -2.25. The number of carbonyl (C=O) groups excluding carboxylic acids is 1. The second-order valence-electron chi connectivity index (χ2n) is 9.74. The quantitative estimate of drug-likeness (QED) is 0.433. The average molecular weight is 526 g/mol. The van der Waals surface area contributed by atoms with Crippen molar-refractivity contribution in [2.24, 2.45) is 0 Å². The Labute approximate surface area is 218 Å². The van der Waals surface area contributed by atoms with Crippen LogP contribution in [0.1, 0.15) is 55.7 Å². The molecule has 0 spiro atoms. The molecule has 0 unspecified atom stereocenters. The van der Waals surface area contributed by atoms with Gasteiger partial charge in [0.05, 0.1) is 13.0 Å². The summed E-state index contributed by atoms with van der Waals surface area (Å²) in [6, 6.07) is 5.16. The van der Waals surface area contributed by atoms with Crippen molar-refractivity contribution in [1.29, 1.82) is 0 Å². The first kappa shape index (κ1) is 25.2. The third kappa shape index (κ3) is 4.35. The van der Waals surface area contributed by atoms with Crippen LogP contribution in [0.5, 0.6) is 5.75 Å². The van der Waals surface area contributed by atoms with Crippen molar-refractivity contribution >= 4 is 23.5 Å². The molecule has 8 heteroatoms. The monoisotopic (exact) mass is 525 g/mol. The summed E-state index contributed by atoms with van der Waals surface area (Å²) in [6.07, 6.45) is 1.22. The lowest BCUT2D eigenvalue weighted by molar-refractivity contribution is -0.136. The topological polar surface area (TPSA) is 66.8 Å². The molecular weight excluding hydrogens is 500 g/mol. The molecule has 192 valence electrons. The van der Waals surface area contributed by atoms with E-state index >= 15 is 4.39 Å². The lowest BCUT2D eigenvalue weighted by Gasteiger charge is -2.25. The smallest absolute Gasteiger partial charge is 0.307 e. The molecule has 3 aromatic rings. The molecule has 0 saturated carbocycles. The number of aliphatic carboxylic acids is 1. The van der Waals surface area contributed by atoms with Crippen LogP contribution in [0, 0.1) is 32.4 Å². The van der Waals surface area contributed by atoms with Gasteiger partial charge in [-0.3, -0.25) is 9.59 Å². The molecule has 5 nitrogen and oxygen atoms in total. The zero-order valence-electron chi connectivity index (χ0n) is 20.8. The Balaban J connectivity index is 1.66. The summed E-state index contributed by atoms with van der Waals surface area (Å²) >= 11 is 5.97. The van der Waals surface area contributed by atoms with Gasteiger partial charge in [0.15, 0.2) is 11.6 Å². The number of rotatable bonds is 4. The Hall–Kier alpha value is -3.45. The van der Waals surface area contributed by atoms with Crippen molar-refractivity contribution < 1.29 is 28.2 Å². The molecule has 5 rings (SSSR count). The molecule has 0 saturated heterocycles. The van der Waals surface area contributed by atoms with Gasteiger partial charge < -0.3 is 14.7 Å². The number of nitrogens with zero attached hydrogens (tertiary/aromatic N) is 1. The van der Waals surface area contributed by atoms with E-state index in [9.17, 15) is 19.1 Å². The van der Waals surface area contributed by atoms with Crippen LogP contribution in [0.15, 0.2) is 24.3 Å². The van der Waals surface area contributed by atoms with Crippen molar-refractivity contribution in [2.75, 3.05) is 6.61 Å². The van der Waals surface area contributed by atoms with E-state index in [-0.39, 0.29) is 41.8 Å². The fraction of sp³-hybridized carbons (Fsp3) is 0.310. The first-order chi connectivity index (χ1) is 17.6. The van der Waals surface area contributed by atoms with Crippen LogP contribution >= 0.6 is 11.6 Å². The number of carbonyl (C=O) groups is 2. The van der Waals surface area contributed by atoms with Crippen LogP contribution in [0.3, 0.4) is 0 Å². The second kappa shape index (κ2) is 9.45. The Bertz CT molecular complexity index is 1460. The van der Waals surface area contributed by atoms with Crippen molar-refractivity contribution in [3.63, 3.8) is 0 Å². The predicted molar refractivity (Wildman–Crippen MR) is 136 cm³/mol. The fourth-order valence-corrected chi connectivity index (χ4v) is 5.94. The molecule has 0 aromatic heterocycles. The zero-order valence-corrected chi connectivity index (χ0v) is 21.6. The molecule has 2 aliphatic heterocycles. The SMILES string of the molecule is Cc1c(-c2c(C)c3c(c(C)c2CC(=O)O)CN(C(=O)c2cc(F)cc(Cl)c2)C3)cc(F)c2c1CCCO2. The van der Waals surface area contributed by atoms with Gasteiger partial charge in [0.25, 0.3) is 5.91 Å². The Morgan fingerprint density at radius 1 is 1.00 bits per heavy atom. The minimum absolute atomic E-state index is 0.132. The molecule has 0 radical (unpaired) electrons. The van der Waals surface area contributed by atoms with E-state index in [1.54, 1.807) is 4.90 Å². The third-order valence-corrected chi connectivity index (χ3v) is 7.75. The van der Waals surface area contributed by atoms with E-state index in [2.05, 4.69) is 0 Å². The molecule has 1 N–H and O–H groups in total. The van der Waals surface area contributed by atoms with E-state index < -0.39 is 17.6 Å². The van der Waals surface area contributed by atoms with Crippen LogP contribution in [-0.4, -0.2) is 28.5 Å². The summed E-state index contributed by atoms with van der Waals surface area (Å²) in [7, 11) is 0. The van der Waals surface area contributed by atoms with Crippen LogP contribution in [0.25, 0.3) is 11.1 Å². The average Bonchev–Trinajstić information content (AvgIpc) is 3.30. The standard InChI is InChI=1S/C29H26ClF2NO4/c1-14-20-5-4-6-37-28(20)25(32)10-21(14)27-16(3)24-13-33(12-23(24)15(2)22(27)11-26(34)35)29(36)17-7-18(30)9-19(31)8-17/h7-10H,4-6,11-13H2,1-3H3,(H,34,35). The summed E-state index contributed by atoms with van der Waals surface area (Å²) < 4.78 is 34.7. The lowest BCUT2D eigenvalue weighted by atomic mass is 9.81. The summed E-state index contributed by atoms with van der Waals surface area (Å²) in [5.74, 6) is -2.16. The van der Waals surface area contributed by atoms with Crippen LogP contribution in [0.4, 0.5) is 8.78 Å². The first-order valence-electron chi connectivity index (χ1n) is 12.1. The number of halogens is 3. The third-order valence-electron chi connectivity index (χ3n) is 7.53. The van der Waals surface area contributed by atoms with Gasteiger partial charge in [-0.05, 0) is 102 Å². The zero-order chi connectivity index (χ0) is 26.6. The minimum atomic E-state index is -0.997. The fourth-order valence-electron chi connectivity index (χ4n) is 5.72. The molecule has 0 bridgehead atoms. The van der Waals surface area contributed by atoms with Gasteiger partial charge in [0.2, 0.25) is 0 Å². The van der Waals surface area contributed by atoms with Crippen molar-refractivity contribution in [3.05, 3.63) is 85.4 Å². The minimum Gasteiger partial charge on any atom is -0.490 e. The predicted octanol–water partition coefficient (Wildman–Crippen LogP) is 6.32. The second-order valence-corrected chi connectivity index (χ2v) is 10.2. The van der Waals surface area contributed by atoms with E-state index in [1.165, 1.54) is 12.1 Å². The number of hydrogen-bond acceptors (Lipinski definition) is 3. The van der Waals surface area contributed by atoms with Crippen LogP contribution in [0.2, 0.25) is 5.02 Å². The Morgan fingerprint density at radius 3 is 2.38 bits per heavy atom. The molecule has 37 heavy (non-hydrogen) atoms. The van der Waals surface area contributed by atoms with E-state index in [4.69, 9.17) is 16.3 Å². The molecule has 0 atom stereocenters. The van der Waals surface area contributed by atoms with Gasteiger partial charge in [-0.15, -0.1) is 0 Å². The normalized spacial score (nSPS) is 14.3. The number of hydrogen-bond donors (Lipinski definition) is 1. The molecule has 2 aliphatic rings. The van der Waals surface area contributed by atoms with Gasteiger partial charge in [-0.1, -0.05) is 11.6 Å². The maximum atomic E-state index is 15.2. The van der Waals surface area contributed by atoms with Crippen molar-refractivity contribution in [2.45, 2.75) is 53.1 Å². The summed E-state index contributed by atoms with van der Waals surface area (Å²) in [5.41, 5.74) is 7.08. The van der Waals surface area contributed by atoms with E-state index in [0.29, 0.717) is 29.7 Å². The number of benzene rings is 3. The van der Waals surface area contributed by atoms with Gasteiger partial charge in [0, 0.05) is 29.2 Å². The van der Waals surface area contributed by atoms with Gasteiger partial charge >= 0.3 is 5.97 Å². The van der Waals surface area contributed by atoms with Crippen LogP contribution < -0.4 is 4.74 Å². The van der Waals surface area contributed by atoms with E-state index in [0.717, 1.165) is 51.9 Å². The van der Waals surface area contributed by atoms with Gasteiger partial charge in [-0.25, -0.2) is 8.78 Å². The number of fused-ring (bicyclic) bond motifs is 2. The van der Waals surface area contributed by atoms with E-state index in [1.807, 2.05) is 20.8 Å². The largest absolute Gasteiger partial charge is 0.490 e. The highest BCUT2D eigenvalue weighted by atomic mass is 35.5. The summed E-state index contributed by atoms with van der Waals surface area (Å²) in [6.45, 7) is 6.64. The number of carboxylic acid groups (broad SMARTS) is 1. The number of carboxylic acids is 1. The highest BCUT2D eigenvalue weighted by Crippen LogP contribution is 2.44. The molecule has 0 fully saturated rings. The summed E-state index contributed by atoms with van der Waals surface area (Å²) in [5, 5.41) is 9.88. The molecule has 2 heterocycles. The first-order valence-corrected chi connectivity index (χ1v) is 12.5. The molecular formula is C29H26ClF2NO4. The highest BCUT2D eigenvalue weighted by Gasteiger charge is 2.32. The molecule has 1 amide bonds. The molecule has 3 aromatic carbocycles. The maximum Gasteiger partial charge on any atom is 0.307 e. The number of ether oxygens (including phenoxy) is 1.